The Morgan fingerprint density at radius 2 is 2.07 bits per heavy atom. The predicted molar refractivity (Wildman–Crippen MR) is 115 cm³/mol. The van der Waals surface area contributed by atoms with E-state index in [0.29, 0.717) is 19.0 Å². The van der Waals surface area contributed by atoms with Crippen molar-refractivity contribution in [1.82, 2.24) is 14.9 Å². The van der Waals surface area contributed by atoms with Crippen LogP contribution in [-0.4, -0.2) is 35.1 Å². The minimum atomic E-state index is -0.0714. The molecule has 1 amide bonds. The van der Waals surface area contributed by atoms with Crippen LogP contribution in [0.25, 0.3) is 11.1 Å². The normalized spacial score (nSPS) is 22.7. The van der Waals surface area contributed by atoms with Gasteiger partial charge in [-0.1, -0.05) is 25.1 Å². The second-order valence-electron chi connectivity index (χ2n) is 8.34. The summed E-state index contributed by atoms with van der Waals surface area (Å²) in [5.74, 6) is 0.500. The molecule has 2 aliphatic rings. The third-order valence-electron chi connectivity index (χ3n) is 6.34. The first-order valence-corrected chi connectivity index (χ1v) is 10.7. The van der Waals surface area contributed by atoms with Crippen LogP contribution in [0.3, 0.4) is 0 Å². The largest absolute Gasteiger partial charge is 0.423 e. The molecule has 2 aliphatic heterocycles. The topological polar surface area (TPSA) is 80.4 Å². The quantitative estimate of drug-likeness (QED) is 0.704. The van der Waals surface area contributed by atoms with Crippen LogP contribution < -0.4 is 15.8 Å². The monoisotopic (exact) mass is 406 g/mol. The fourth-order valence-corrected chi connectivity index (χ4v) is 4.99. The molecular weight excluding hydrogens is 380 g/mol. The fourth-order valence-electron chi connectivity index (χ4n) is 4.99. The lowest BCUT2D eigenvalue weighted by Gasteiger charge is -2.46. The van der Waals surface area contributed by atoms with Crippen LogP contribution in [0, 0.1) is 5.92 Å². The van der Waals surface area contributed by atoms with Crippen LogP contribution in [0.1, 0.15) is 43.8 Å². The number of pyridine rings is 1. The molecule has 3 atom stereocenters. The number of nitrogens with one attached hydrogen (secondary N) is 1. The van der Waals surface area contributed by atoms with Gasteiger partial charge in [-0.25, -0.2) is 0 Å². The fraction of sp³-hybridized carbons (Fsp3) is 0.435. The number of carbonyl (C=O) groups is 1. The maximum Gasteiger partial charge on any atom is 0.298 e. The van der Waals surface area contributed by atoms with Crippen LogP contribution in [-0.2, 0) is 4.79 Å². The van der Waals surface area contributed by atoms with Gasteiger partial charge in [0.25, 0.3) is 11.6 Å². The van der Waals surface area contributed by atoms with E-state index in [4.69, 9.17) is 4.42 Å². The SMILES string of the molecule is CCCC(=O)NC[C@H]1[C@H]2C[C@H](CN(c3nc4ccccc4o3)C2)c2cccc(=O)n21. The average molecular weight is 406 g/mol. The predicted octanol–water partition coefficient (Wildman–Crippen LogP) is 3.07. The molecule has 1 fully saturated rings. The first kappa shape index (κ1) is 18.9. The van der Waals surface area contributed by atoms with Crippen molar-refractivity contribution in [3.05, 3.63) is 58.5 Å². The number of anilines is 1. The van der Waals surface area contributed by atoms with Gasteiger partial charge in [0.2, 0.25) is 5.91 Å². The van der Waals surface area contributed by atoms with E-state index in [1.54, 1.807) is 6.07 Å². The van der Waals surface area contributed by atoms with Crippen LogP contribution in [0.15, 0.2) is 51.7 Å². The Labute approximate surface area is 174 Å². The van der Waals surface area contributed by atoms with Gasteiger partial charge in [0.05, 0.1) is 6.04 Å². The number of aromatic nitrogens is 2. The number of rotatable bonds is 5. The number of oxazole rings is 1. The van der Waals surface area contributed by atoms with Crippen LogP contribution in [0.2, 0.25) is 0 Å². The van der Waals surface area contributed by atoms with Gasteiger partial charge in [-0.15, -0.1) is 0 Å². The van der Waals surface area contributed by atoms with Crippen molar-refractivity contribution in [1.29, 1.82) is 0 Å². The van der Waals surface area contributed by atoms with E-state index in [1.165, 1.54) is 0 Å². The first-order valence-electron chi connectivity index (χ1n) is 10.7. The second-order valence-corrected chi connectivity index (χ2v) is 8.34. The van der Waals surface area contributed by atoms with Gasteiger partial charge in [0.1, 0.15) is 5.52 Å². The van der Waals surface area contributed by atoms with Crippen molar-refractivity contribution in [3.8, 4) is 0 Å². The van der Waals surface area contributed by atoms with E-state index in [-0.39, 0.29) is 29.3 Å². The number of nitrogens with zero attached hydrogens (tertiary/aromatic N) is 3. The molecule has 1 saturated heterocycles. The lowest BCUT2D eigenvalue weighted by molar-refractivity contribution is -0.121. The Hall–Kier alpha value is -3.09. The van der Waals surface area contributed by atoms with E-state index in [0.717, 1.165) is 42.7 Å². The summed E-state index contributed by atoms with van der Waals surface area (Å²) in [6, 6.07) is 13.8. The van der Waals surface area contributed by atoms with Crippen molar-refractivity contribution in [2.24, 2.45) is 5.92 Å². The standard InChI is InChI=1S/C23H26N4O3/c1-2-6-21(28)24-12-19-16-11-15(18-8-5-10-22(29)27(18)19)13-26(14-16)23-25-17-7-3-4-9-20(17)30-23/h3-5,7-10,15-16,19H,2,6,11-14H2,1H3,(H,24,28)/t15-,16+,19+/m1/s1. The van der Waals surface area contributed by atoms with Crippen molar-refractivity contribution in [3.63, 3.8) is 0 Å². The number of para-hydroxylation sites is 2. The first-order chi connectivity index (χ1) is 14.6. The van der Waals surface area contributed by atoms with Gasteiger partial charge in [-0.3, -0.25) is 9.59 Å². The second kappa shape index (κ2) is 7.63. The van der Waals surface area contributed by atoms with Crippen molar-refractivity contribution >= 4 is 23.0 Å². The summed E-state index contributed by atoms with van der Waals surface area (Å²) >= 11 is 0. The zero-order chi connectivity index (χ0) is 20.7. The van der Waals surface area contributed by atoms with Gasteiger partial charge in [-0.2, -0.15) is 4.98 Å². The van der Waals surface area contributed by atoms with E-state index in [9.17, 15) is 9.59 Å². The molecule has 0 radical (unpaired) electrons. The summed E-state index contributed by atoms with van der Waals surface area (Å²) in [6.07, 6.45) is 2.31. The Morgan fingerprint density at radius 1 is 1.20 bits per heavy atom. The lowest BCUT2D eigenvalue weighted by atomic mass is 9.78. The lowest BCUT2D eigenvalue weighted by Crippen LogP contribution is -2.52. The maximum atomic E-state index is 12.8. The molecule has 1 aromatic carbocycles. The van der Waals surface area contributed by atoms with Crippen LogP contribution >= 0.6 is 0 Å². The van der Waals surface area contributed by atoms with E-state index < -0.39 is 0 Å². The van der Waals surface area contributed by atoms with E-state index in [1.807, 2.05) is 47.9 Å². The van der Waals surface area contributed by atoms with Crippen molar-refractivity contribution in [2.75, 3.05) is 24.5 Å². The molecule has 2 aromatic heterocycles. The molecule has 5 rings (SSSR count). The molecule has 2 bridgehead atoms. The molecule has 30 heavy (non-hydrogen) atoms. The molecule has 7 heteroatoms. The molecule has 0 spiro atoms. The summed E-state index contributed by atoms with van der Waals surface area (Å²) < 4.78 is 7.94. The van der Waals surface area contributed by atoms with Gasteiger partial charge < -0.3 is 19.2 Å². The average Bonchev–Trinajstić information content (AvgIpc) is 3.18. The highest BCUT2D eigenvalue weighted by molar-refractivity contribution is 5.76. The van der Waals surface area contributed by atoms with E-state index in [2.05, 4.69) is 15.2 Å². The summed E-state index contributed by atoms with van der Waals surface area (Å²) in [7, 11) is 0. The molecule has 0 saturated carbocycles. The maximum absolute atomic E-state index is 12.8. The van der Waals surface area contributed by atoms with Gasteiger partial charge in [-0.05, 0) is 37.0 Å². The molecule has 3 aromatic rings. The van der Waals surface area contributed by atoms with Crippen LogP contribution in [0.5, 0.6) is 0 Å². The molecule has 0 unspecified atom stereocenters. The third-order valence-corrected chi connectivity index (χ3v) is 6.34. The Balaban J connectivity index is 1.47. The van der Waals surface area contributed by atoms with Gasteiger partial charge >= 0.3 is 0 Å². The Bertz CT molecular complexity index is 1100. The molecule has 156 valence electrons. The molecular formula is C23H26N4O3. The molecule has 4 heterocycles. The van der Waals surface area contributed by atoms with Gasteiger partial charge in [0, 0.05) is 43.7 Å². The van der Waals surface area contributed by atoms with Crippen molar-refractivity contribution in [2.45, 2.75) is 38.1 Å². The summed E-state index contributed by atoms with van der Waals surface area (Å²) in [6.45, 7) is 3.97. The Morgan fingerprint density at radius 3 is 2.90 bits per heavy atom. The summed E-state index contributed by atoms with van der Waals surface area (Å²) in [5.41, 5.74) is 2.67. The number of hydrogen-bond acceptors (Lipinski definition) is 5. The smallest absolute Gasteiger partial charge is 0.298 e. The highest BCUT2D eigenvalue weighted by Crippen LogP contribution is 2.42. The minimum Gasteiger partial charge on any atom is -0.423 e. The van der Waals surface area contributed by atoms with Crippen LogP contribution in [0.4, 0.5) is 6.01 Å². The highest BCUT2D eigenvalue weighted by atomic mass is 16.4. The molecule has 0 aliphatic carbocycles. The summed E-state index contributed by atoms with van der Waals surface area (Å²) in [5, 5.41) is 3.04. The summed E-state index contributed by atoms with van der Waals surface area (Å²) in [4.78, 5) is 31.7. The number of fused-ring (bicyclic) bond motifs is 5. The van der Waals surface area contributed by atoms with E-state index >= 15 is 0 Å². The Kier molecular flexibility index (Phi) is 4.81. The number of hydrogen-bond donors (Lipinski definition) is 1. The zero-order valence-corrected chi connectivity index (χ0v) is 17.1. The number of benzene rings is 1. The zero-order valence-electron chi connectivity index (χ0n) is 17.1. The molecule has 7 nitrogen and oxygen atoms in total. The highest BCUT2D eigenvalue weighted by Gasteiger charge is 2.41. The molecule has 1 N–H and O–H groups in total. The number of amides is 1. The third kappa shape index (κ3) is 3.28. The van der Waals surface area contributed by atoms with Gasteiger partial charge in [0.15, 0.2) is 5.58 Å². The number of piperidine rings is 1. The van der Waals surface area contributed by atoms with Crippen molar-refractivity contribution < 1.29 is 9.21 Å². The number of carbonyl (C=O) groups excluding carboxylic acids is 1. The minimum absolute atomic E-state index is 0.00672.